The number of nitrogens with one attached hydrogen (secondary N) is 2. The van der Waals surface area contributed by atoms with Crippen molar-refractivity contribution in [3.8, 4) is 0 Å². The molecule has 3 rings (SSSR count). The van der Waals surface area contributed by atoms with Crippen LogP contribution < -0.4 is 10.9 Å². The minimum Gasteiger partial charge on any atom is -0.377 e. The first-order valence-corrected chi connectivity index (χ1v) is 7.29. The molecule has 0 bridgehead atoms. The van der Waals surface area contributed by atoms with E-state index in [9.17, 15) is 4.79 Å². The van der Waals surface area contributed by atoms with Gasteiger partial charge >= 0.3 is 0 Å². The number of fused-ring (bicyclic) bond motifs is 1. The van der Waals surface area contributed by atoms with Gasteiger partial charge in [-0.3, -0.25) is 4.79 Å². The molecule has 0 radical (unpaired) electrons. The zero-order valence-electron chi connectivity index (χ0n) is 11.4. The highest BCUT2D eigenvalue weighted by Gasteiger charge is 2.06. The molecule has 0 aliphatic heterocycles. The van der Waals surface area contributed by atoms with E-state index in [1.165, 1.54) is 22.5 Å². The maximum Gasteiger partial charge on any atom is 0.268 e. The molecular weight excluding hydrogens is 270 g/mol. The molecule has 0 fully saturated rings. The Kier molecular flexibility index (Phi) is 3.28. The molecule has 0 unspecified atom stereocenters. The molecule has 0 aliphatic rings. The van der Waals surface area contributed by atoms with E-state index < -0.39 is 0 Å². The van der Waals surface area contributed by atoms with E-state index >= 15 is 0 Å². The van der Waals surface area contributed by atoms with Gasteiger partial charge in [0.15, 0.2) is 0 Å². The average molecular weight is 285 g/mol. The fourth-order valence-electron chi connectivity index (χ4n) is 2.27. The summed E-state index contributed by atoms with van der Waals surface area (Å²) in [6.07, 6.45) is 0. The number of aromatic amines is 1. The van der Waals surface area contributed by atoms with Crippen LogP contribution in [0.4, 0.5) is 5.69 Å². The number of hydrogen-bond acceptors (Lipinski definition) is 4. The van der Waals surface area contributed by atoms with E-state index in [1.807, 2.05) is 17.5 Å². The first kappa shape index (κ1) is 12.9. The molecule has 20 heavy (non-hydrogen) atoms. The molecule has 0 saturated carbocycles. The molecule has 0 amide bonds. The summed E-state index contributed by atoms with van der Waals surface area (Å²) >= 11 is 1.42. The molecule has 2 heterocycles. The highest BCUT2D eigenvalue weighted by Crippen LogP contribution is 2.20. The van der Waals surface area contributed by atoms with Crippen molar-refractivity contribution in [1.82, 2.24) is 9.97 Å². The number of rotatable bonds is 3. The second-order valence-electron chi connectivity index (χ2n) is 4.77. The lowest BCUT2D eigenvalue weighted by molar-refractivity contribution is 0.952. The van der Waals surface area contributed by atoms with Crippen molar-refractivity contribution in [3.63, 3.8) is 0 Å². The summed E-state index contributed by atoms with van der Waals surface area (Å²) in [5, 5.41) is 5.24. The van der Waals surface area contributed by atoms with E-state index in [0.717, 1.165) is 11.2 Å². The molecule has 102 valence electrons. The molecule has 0 aliphatic carbocycles. The standard InChI is InChI=1S/C15H15N3OS/c1-9-4-3-5-10(2)13(9)16-8-12-17-11-6-7-20-14(11)15(19)18-12/h3-7,16H,8H2,1-2H3,(H,17,18,19). The Labute approximate surface area is 120 Å². The van der Waals surface area contributed by atoms with Gasteiger partial charge in [0.25, 0.3) is 5.56 Å². The van der Waals surface area contributed by atoms with Crippen molar-refractivity contribution in [2.24, 2.45) is 0 Å². The summed E-state index contributed by atoms with van der Waals surface area (Å²) in [4.78, 5) is 19.2. The maximum atomic E-state index is 11.9. The van der Waals surface area contributed by atoms with Crippen LogP contribution in [0.2, 0.25) is 0 Å². The topological polar surface area (TPSA) is 57.8 Å². The van der Waals surface area contributed by atoms with Crippen molar-refractivity contribution in [2.45, 2.75) is 20.4 Å². The first-order valence-electron chi connectivity index (χ1n) is 6.41. The largest absolute Gasteiger partial charge is 0.377 e. The predicted octanol–water partition coefficient (Wildman–Crippen LogP) is 3.21. The molecule has 2 N–H and O–H groups in total. The molecule has 4 nitrogen and oxygen atoms in total. The summed E-state index contributed by atoms with van der Waals surface area (Å²) in [6.45, 7) is 4.63. The number of benzene rings is 1. The minimum atomic E-state index is -0.0664. The van der Waals surface area contributed by atoms with E-state index in [2.05, 4.69) is 41.3 Å². The second kappa shape index (κ2) is 5.09. The number of hydrogen-bond donors (Lipinski definition) is 2. The maximum absolute atomic E-state index is 11.9. The van der Waals surface area contributed by atoms with Gasteiger partial charge in [-0.1, -0.05) is 18.2 Å². The number of para-hydroxylation sites is 1. The van der Waals surface area contributed by atoms with Gasteiger partial charge in [0.1, 0.15) is 10.5 Å². The van der Waals surface area contributed by atoms with Gasteiger partial charge in [0, 0.05) is 5.69 Å². The molecule has 5 heteroatoms. The van der Waals surface area contributed by atoms with E-state index in [0.29, 0.717) is 17.1 Å². The normalized spacial score (nSPS) is 10.9. The fraction of sp³-hybridized carbons (Fsp3) is 0.200. The third-order valence-corrected chi connectivity index (χ3v) is 4.18. The SMILES string of the molecule is Cc1cccc(C)c1NCc1nc2ccsc2c(=O)[nH]1. The van der Waals surface area contributed by atoms with E-state index in [-0.39, 0.29) is 5.56 Å². The Morgan fingerprint density at radius 2 is 2.00 bits per heavy atom. The lowest BCUT2D eigenvalue weighted by atomic mass is 10.1. The van der Waals surface area contributed by atoms with Gasteiger partial charge in [0.05, 0.1) is 12.1 Å². The number of aromatic nitrogens is 2. The Morgan fingerprint density at radius 1 is 1.25 bits per heavy atom. The molecular formula is C15H15N3OS. The predicted molar refractivity (Wildman–Crippen MR) is 83.5 cm³/mol. The Morgan fingerprint density at radius 3 is 2.75 bits per heavy atom. The zero-order chi connectivity index (χ0) is 14.1. The van der Waals surface area contributed by atoms with Gasteiger partial charge in [0.2, 0.25) is 0 Å². The van der Waals surface area contributed by atoms with Crippen molar-refractivity contribution < 1.29 is 0 Å². The van der Waals surface area contributed by atoms with Gasteiger partial charge in [-0.15, -0.1) is 11.3 Å². The number of aryl methyl sites for hydroxylation is 2. The Balaban J connectivity index is 1.88. The lowest BCUT2D eigenvalue weighted by Gasteiger charge is -2.12. The molecule has 0 atom stereocenters. The summed E-state index contributed by atoms with van der Waals surface area (Å²) in [6, 6.07) is 8.03. The number of thiophene rings is 1. The van der Waals surface area contributed by atoms with Crippen LogP contribution in [0, 0.1) is 13.8 Å². The average Bonchev–Trinajstić information content (AvgIpc) is 2.87. The number of anilines is 1. The minimum absolute atomic E-state index is 0.0664. The molecule has 0 saturated heterocycles. The van der Waals surface area contributed by atoms with Crippen molar-refractivity contribution >= 4 is 27.2 Å². The second-order valence-corrected chi connectivity index (χ2v) is 5.68. The lowest BCUT2D eigenvalue weighted by Crippen LogP contribution is -2.14. The monoisotopic (exact) mass is 285 g/mol. The summed E-state index contributed by atoms with van der Waals surface area (Å²) in [5.41, 5.74) is 4.16. The van der Waals surface area contributed by atoms with Gasteiger partial charge in [-0.25, -0.2) is 4.98 Å². The highest BCUT2D eigenvalue weighted by atomic mass is 32.1. The van der Waals surface area contributed by atoms with Crippen LogP contribution in [-0.2, 0) is 6.54 Å². The fourth-order valence-corrected chi connectivity index (χ4v) is 3.00. The van der Waals surface area contributed by atoms with Gasteiger partial charge in [-0.05, 0) is 36.4 Å². The van der Waals surface area contributed by atoms with Crippen LogP contribution >= 0.6 is 11.3 Å². The molecule has 0 spiro atoms. The molecule has 2 aromatic heterocycles. The van der Waals surface area contributed by atoms with Crippen LogP contribution in [0.15, 0.2) is 34.4 Å². The Hall–Kier alpha value is -2.14. The van der Waals surface area contributed by atoms with Crippen LogP contribution in [0.1, 0.15) is 17.0 Å². The number of H-pyrrole nitrogens is 1. The highest BCUT2D eigenvalue weighted by molar-refractivity contribution is 7.17. The number of nitrogens with zero attached hydrogens (tertiary/aromatic N) is 1. The third kappa shape index (κ3) is 2.32. The summed E-state index contributed by atoms with van der Waals surface area (Å²) in [5.74, 6) is 0.656. The third-order valence-electron chi connectivity index (χ3n) is 3.28. The molecule has 1 aromatic carbocycles. The van der Waals surface area contributed by atoms with Crippen LogP contribution in [0.3, 0.4) is 0 Å². The quantitative estimate of drug-likeness (QED) is 0.777. The van der Waals surface area contributed by atoms with Crippen molar-refractivity contribution in [3.05, 3.63) is 57.0 Å². The van der Waals surface area contributed by atoms with E-state index in [1.54, 1.807) is 0 Å². The van der Waals surface area contributed by atoms with Crippen molar-refractivity contribution in [1.29, 1.82) is 0 Å². The van der Waals surface area contributed by atoms with Crippen LogP contribution in [0.5, 0.6) is 0 Å². The van der Waals surface area contributed by atoms with Crippen LogP contribution in [-0.4, -0.2) is 9.97 Å². The zero-order valence-corrected chi connectivity index (χ0v) is 12.2. The Bertz CT molecular complexity index is 799. The van der Waals surface area contributed by atoms with Crippen LogP contribution in [0.25, 0.3) is 10.2 Å². The molecule has 3 aromatic rings. The smallest absolute Gasteiger partial charge is 0.268 e. The van der Waals surface area contributed by atoms with Gasteiger partial charge in [-0.2, -0.15) is 0 Å². The summed E-state index contributed by atoms with van der Waals surface area (Å²) < 4.78 is 0.681. The van der Waals surface area contributed by atoms with Crippen molar-refractivity contribution in [2.75, 3.05) is 5.32 Å². The summed E-state index contributed by atoms with van der Waals surface area (Å²) in [7, 11) is 0. The first-order chi connectivity index (χ1) is 9.65. The van der Waals surface area contributed by atoms with Gasteiger partial charge < -0.3 is 10.3 Å². The van der Waals surface area contributed by atoms with E-state index in [4.69, 9.17) is 0 Å².